The maximum Gasteiger partial charge on any atom is 0.253 e. The fourth-order valence-electron chi connectivity index (χ4n) is 2.32. The van der Waals surface area contributed by atoms with Gasteiger partial charge in [0.1, 0.15) is 0 Å². The van der Waals surface area contributed by atoms with Crippen molar-refractivity contribution in [2.45, 2.75) is 12.6 Å². The van der Waals surface area contributed by atoms with Gasteiger partial charge in [-0.25, -0.2) is 0 Å². The summed E-state index contributed by atoms with van der Waals surface area (Å²) in [5, 5.41) is 12.8. The molecule has 7 heteroatoms. The molecule has 1 amide bonds. The number of ether oxygens (including phenoxy) is 3. The van der Waals surface area contributed by atoms with Crippen LogP contribution < -0.4 is 19.5 Å². The highest BCUT2D eigenvalue weighted by atomic mass is 79.9. The number of nitrogens with one attached hydrogen (secondary N) is 1. The van der Waals surface area contributed by atoms with Crippen LogP contribution >= 0.6 is 15.9 Å². The predicted octanol–water partition coefficient (Wildman–Crippen LogP) is 2.82. The van der Waals surface area contributed by atoms with Gasteiger partial charge in [-0.15, -0.1) is 0 Å². The van der Waals surface area contributed by atoms with Crippen LogP contribution in [-0.2, 0) is 11.3 Å². The van der Waals surface area contributed by atoms with Crippen molar-refractivity contribution in [2.75, 3.05) is 21.3 Å². The van der Waals surface area contributed by atoms with Gasteiger partial charge in [-0.1, -0.05) is 28.1 Å². The van der Waals surface area contributed by atoms with Gasteiger partial charge in [0.05, 0.1) is 21.3 Å². The molecule has 0 radical (unpaired) electrons. The van der Waals surface area contributed by atoms with Crippen molar-refractivity contribution in [1.82, 2.24) is 5.32 Å². The highest BCUT2D eigenvalue weighted by molar-refractivity contribution is 9.10. The summed E-state index contributed by atoms with van der Waals surface area (Å²) < 4.78 is 16.7. The van der Waals surface area contributed by atoms with Gasteiger partial charge in [0.25, 0.3) is 5.91 Å². The van der Waals surface area contributed by atoms with E-state index in [1.54, 1.807) is 36.4 Å². The summed E-state index contributed by atoms with van der Waals surface area (Å²) >= 11 is 3.32. The van der Waals surface area contributed by atoms with Gasteiger partial charge in [-0.05, 0) is 35.4 Å². The first-order valence-corrected chi connectivity index (χ1v) is 8.29. The lowest BCUT2D eigenvalue weighted by Gasteiger charge is -2.15. The van der Waals surface area contributed by atoms with Gasteiger partial charge < -0.3 is 24.6 Å². The first-order chi connectivity index (χ1) is 12.0. The number of amides is 1. The molecule has 0 aliphatic rings. The van der Waals surface area contributed by atoms with Gasteiger partial charge >= 0.3 is 0 Å². The Kier molecular flexibility index (Phi) is 6.66. The molecule has 2 aromatic rings. The number of hydrogen-bond acceptors (Lipinski definition) is 5. The third kappa shape index (κ3) is 4.64. The molecule has 0 spiro atoms. The summed E-state index contributed by atoms with van der Waals surface area (Å²) in [5.41, 5.74) is 1.27. The second kappa shape index (κ2) is 8.73. The minimum atomic E-state index is -1.24. The lowest BCUT2D eigenvalue weighted by Crippen LogP contribution is -2.28. The van der Waals surface area contributed by atoms with Crippen LogP contribution in [0.4, 0.5) is 0 Å². The summed E-state index contributed by atoms with van der Waals surface area (Å²) in [7, 11) is 4.57. The Labute approximate surface area is 154 Å². The predicted molar refractivity (Wildman–Crippen MR) is 97.0 cm³/mol. The zero-order valence-corrected chi connectivity index (χ0v) is 15.8. The van der Waals surface area contributed by atoms with Crippen LogP contribution in [0.1, 0.15) is 17.2 Å². The van der Waals surface area contributed by atoms with Gasteiger partial charge in [-0.3, -0.25) is 4.79 Å². The van der Waals surface area contributed by atoms with Gasteiger partial charge in [0.2, 0.25) is 5.75 Å². The molecule has 2 rings (SSSR count). The number of methoxy groups -OCH3 is 3. The molecule has 134 valence electrons. The molecule has 0 bridgehead atoms. The van der Waals surface area contributed by atoms with Crippen LogP contribution in [-0.4, -0.2) is 32.3 Å². The maximum atomic E-state index is 12.2. The van der Waals surface area contributed by atoms with Crippen LogP contribution in [0.5, 0.6) is 17.2 Å². The first-order valence-electron chi connectivity index (χ1n) is 7.50. The Hall–Kier alpha value is -2.25. The average Bonchev–Trinajstić information content (AvgIpc) is 2.64. The van der Waals surface area contributed by atoms with Crippen molar-refractivity contribution >= 4 is 21.8 Å². The Morgan fingerprint density at radius 1 is 1.08 bits per heavy atom. The average molecular weight is 410 g/mol. The molecule has 1 atom stereocenters. The number of carbonyl (C=O) groups is 1. The van der Waals surface area contributed by atoms with Crippen molar-refractivity contribution in [2.24, 2.45) is 0 Å². The van der Waals surface area contributed by atoms with E-state index in [4.69, 9.17) is 14.2 Å². The molecule has 0 heterocycles. The molecule has 0 aliphatic heterocycles. The smallest absolute Gasteiger partial charge is 0.253 e. The quantitative estimate of drug-likeness (QED) is 0.734. The number of rotatable bonds is 7. The Morgan fingerprint density at radius 3 is 2.12 bits per heavy atom. The zero-order valence-electron chi connectivity index (χ0n) is 14.2. The fourth-order valence-corrected chi connectivity index (χ4v) is 2.58. The largest absolute Gasteiger partial charge is 0.493 e. The normalized spacial score (nSPS) is 11.6. The first kappa shape index (κ1) is 19.1. The van der Waals surface area contributed by atoms with E-state index < -0.39 is 12.0 Å². The summed E-state index contributed by atoms with van der Waals surface area (Å²) in [4.78, 5) is 12.2. The van der Waals surface area contributed by atoms with Crippen LogP contribution in [0.2, 0.25) is 0 Å². The minimum Gasteiger partial charge on any atom is -0.493 e. The molecule has 0 fully saturated rings. The summed E-state index contributed by atoms with van der Waals surface area (Å²) in [6.07, 6.45) is -1.24. The zero-order chi connectivity index (χ0) is 18.4. The number of carbonyl (C=O) groups excluding carboxylic acids is 1. The highest BCUT2D eigenvalue weighted by Crippen LogP contribution is 2.38. The third-order valence-corrected chi connectivity index (χ3v) is 4.15. The van der Waals surface area contributed by atoms with Crippen molar-refractivity contribution in [3.05, 3.63) is 52.0 Å². The topological polar surface area (TPSA) is 77.0 Å². The molecule has 2 N–H and O–H groups in total. The third-order valence-electron chi connectivity index (χ3n) is 3.63. The second-order valence-electron chi connectivity index (χ2n) is 5.21. The molecule has 0 saturated heterocycles. The number of benzene rings is 2. The van der Waals surface area contributed by atoms with E-state index in [1.807, 2.05) is 0 Å². The van der Waals surface area contributed by atoms with Crippen molar-refractivity contribution in [3.63, 3.8) is 0 Å². The Bertz CT molecular complexity index is 708. The molecule has 2 aromatic carbocycles. The molecular formula is C18H20BrNO5. The monoisotopic (exact) mass is 409 g/mol. The molecule has 0 saturated carbocycles. The number of aliphatic hydroxyl groups excluding tert-OH is 1. The van der Waals surface area contributed by atoms with Crippen molar-refractivity contribution < 1.29 is 24.1 Å². The minimum absolute atomic E-state index is 0.211. The van der Waals surface area contributed by atoms with Gasteiger partial charge in [-0.2, -0.15) is 0 Å². The van der Waals surface area contributed by atoms with Gasteiger partial charge in [0.15, 0.2) is 17.6 Å². The van der Waals surface area contributed by atoms with Crippen molar-refractivity contribution in [1.29, 1.82) is 0 Å². The van der Waals surface area contributed by atoms with Crippen LogP contribution in [0.3, 0.4) is 0 Å². The molecule has 0 aromatic heterocycles. The lowest BCUT2D eigenvalue weighted by molar-refractivity contribution is -0.129. The Balaban J connectivity index is 2.09. The van der Waals surface area contributed by atoms with Crippen LogP contribution in [0, 0.1) is 0 Å². The van der Waals surface area contributed by atoms with Gasteiger partial charge in [0, 0.05) is 11.0 Å². The van der Waals surface area contributed by atoms with E-state index in [9.17, 15) is 9.90 Å². The number of halogens is 1. The molecular weight excluding hydrogens is 390 g/mol. The number of hydrogen-bond donors (Lipinski definition) is 2. The number of aliphatic hydroxyl groups is 1. The van der Waals surface area contributed by atoms with E-state index in [2.05, 4.69) is 21.2 Å². The van der Waals surface area contributed by atoms with E-state index in [0.29, 0.717) is 22.8 Å². The molecule has 0 aliphatic carbocycles. The van der Waals surface area contributed by atoms with E-state index in [0.717, 1.165) is 10.0 Å². The fraction of sp³-hybridized carbons (Fsp3) is 0.278. The van der Waals surface area contributed by atoms with Crippen molar-refractivity contribution in [3.8, 4) is 17.2 Å². The van der Waals surface area contributed by atoms with Crippen LogP contribution in [0.25, 0.3) is 0 Å². The molecule has 6 nitrogen and oxygen atoms in total. The van der Waals surface area contributed by atoms with E-state index >= 15 is 0 Å². The SMILES string of the molecule is COc1cc(CNC(=O)C(O)c2ccc(Br)cc2)cc(OC)c1OC. The lowest BCUT2D eigenvalue weighted by atomic mass is 10.1. The molecule has 1 unspecified atom stereocenters. The van der Waals surface area contributed by atoms with E-state index in [1.165, 1.54) is 21.3 Å². The Morgan fingerprint density at radius 2 is 1.64 bits per heavy atom. The highest BCUT2D eigenvalue weighted by Gasteiger charge is 2.18. The standard InChI is InChI=1S/C18H20BrNO5/c1-23-14-8-11(9-15(24-2)17(14)25-3)10-20-18(22)16(21)12-4-6-13(19)7-5-12/h4-9,16,21H,10H2,1-3H3,(H,20,22). The summed E-state index contributed by atoms with van der Waals surface area (Å²) in [6, 6.07) is 10.4. The summed E-state index contributed by atoms with van der Waals surface area (Å²) in [5.74, 6) is 0.991. The van der Waals surface area contributed by atoms with E-state index in [-0.39, 0.29) is 6.54 Å². The maximum absolute atomic E-state index is 12.2. The second-order valence-corrected chi connectivity index (χ2v) is 6.12. The molecule has 25 heavy (non-hydrogen) atoms. The summed E-state index contributed by atoms with van der Waals surface area (Å²) in [6.45, 7) is 0.211. The van der Waals surface area contributed by atoms with Crippen LogP contribution in [0.15, 0.2) is 40.9 Å².